The van der Waals surface area contributed by atoms with E-state index < -0.39 is 24.7 Å². The predicted octanol–water partition coefficient (Wildman–Crippen LogP) is 0.703. The van der Waals surface area contributed by atoms with Crippen LogP contribution in [0.3, 0.4) is 0 Å². The average molecular weight is 263 g/mol. The highest BCUT2D eigenvalue weighted by Gasteiger charge is 2.37. The van der Waals surface area contributed by atoms with E-state index in [1.807, 2.05) is 0 Å². The molecule has 1 unspecified atom stereocenters. The number of aliphatic hydroxyl groups is 1. The Morgan fingerprint density at radius 3 is 2.50 bits per heavy atom. The number of nitrogens with two attached hydrogens (primary N) is 2. The predicted molar refractivity (Wildman–Crippen MR) is 59.9 cm³/mol. The van der Waals surface area contributed by atoms with Gasteiger partial charge >= 0.3 is 6.18 Å². The topological polar surface area (TPSA) is 101 Å². The lowest BCUT2D eigenvalue weighted by atomic mass is 10.1. The lowest BCUT2D eigenvalue weighted by Gasteiger charge is -2.16. The molecule has 1 atom stereocenters. The third-order valence-corrected chi connectivity index (χ3v) is 2.20. The van der Waals surface area contributed by atoms with Gasteiger partial charge in [-0.15, -0.1) is 0 Å². The molecule has 0 spiro atoms. The molecule has 0 aliphatic heterocycles. The Hall–Kier alpha value is -1.96. The highest BCUT2D eigenvalue weighted by Crippen LogP contribution is 2.23. The van der Waals surface area contributed by atoms with Crippen LogP contribution >= 0.6 is 0 Å². The number of benzene rings is 1. The van der Waals surface area contributed by atoms with Crippen LogP contribution in [-0.4, -0.2) is 29.8 Å². The fourth-order valence-corrected chi connectivity index (χ4v) is 1.20. The summed E-state index contributed by atoms with van der Waals surface area (Å²) in [6, 6.07) is 3.88. The minimum Gasteiger partial charge on any atom is -0.397 e. The molecule has 0 radical (unpaired) electrons. The summed E-state index contributed by atoms with van der Waals surface area (Å²) >= 11 is 0. The van der Waals surface area contributed by atoms with Gasteiger partial charge in [-0.1, -0.05) is 0 Å². The summed E-state index contributed by atoms with van der Waals surface area (Å²) in [4.78, 5) is 10.8. The number of amides is 1. The van der Waals surface area contributed by atoms with Crippen LogP contribution in [-0.2, 0) is 0 Å². The number of aliphatic hydroxyl groups excluding tert-OH is 1. The van der Waals surface area contributed by atoms with Crippen LogP contribution in [0, 0.1) is 0 Å². The van der Waals surface area contributed by atoms with Crippen molar-refractivity contribution in [3.05, 3.63) is 23.8 Å². The van der Waals surface area contributed by atoms with Gasteiger partial charge in [-0.25, -0.2) is 0 Å². The Morgan fingerprint density at radius 2 is 2.06 bits per heavy atom. The Labute approximate surface area is 101 Å². The largest absolute Gasteiger partial charge is 0.416 e. The number of alkyl halides is 3. The molecule has 8 heteroatoms. The van der Waals surface area contributed by atoms with Crippen LogP contribution in [0.2, 0.25) is 0 Å². The minimum absolute atomic E-state index is 0.0701. The van der Waals surface area contributed by atoms with Crippen LogP contribution in [0.15, 0.2) is 18.2 Å². The van der Waals surface area contributed by atoms with E-state index in [0.717, 1.165) is 0 Å². The zero-order valence-electron chi connectivity index (χ0n) is 9.16. The van der Waals surface area contributed by atoms with E-state index >= 15 is 0 Å². The van der Waals surface area contributed by atoms with Crippen LogP contribution in [0.4, 0.5) is 24.5 Å². The number of rotatable bonds is 4. The molecule has 1 rings (SSSR count). The molecule has 1 aromatic carbocycles. The van der Waals surface area contributed by atoms with Crippen molar-refractivity contribution in [3.63, 3.8) is 0 Å². The second kappa shape index (κ2) is 5.13. The number of nitrogen functional groups attached to an aromatic ring is 1. The Bertz CT molecular complexity index is 448. The molecule has 0 bridgehead atoms. The molecule has 0 saturated carbocycles. The number of nitrogens with one attached hydrogen (secondary N) is 1. The molecule has 0 heterocycles. The van der Waals surface area contributed by atoms with Gasteiger partial charge in [0.15, 0.2) is 6.10 Å². The molecule has 100 valence electrons. The summed E-state index contributed by atoms with van der Waals surface area (Å²) in [5.74, 6) is -0.691. The van der Waals surface area contributed by atoms with Gasteiger partial charge in [0, 0.05) is 12.1 Å². The van der Waals surface area contributed by atoms with Crippen LogP contribution in [0.5, 0.6) is 0 Å². The van der Waals surface area contributed by atoms with E-state index in [9.17, 15) is 18.0 Å². The molecule has 0 saturated heterocycles. The molecule has 6 N–H and O–H groups in total. The van der Waals surface area contributed by atoms with Gasteiger partial charge in [-0.05, 0) is 18.2 Å². The Kier molecular flexibility index (Phi) is 4.02. The van der Waals surface area contributed by atoms with E-state index in [1.54, 1.807) is 0 Å². The van der Waals surface area contributed by atoms with Crippen molar-refractivity contribution in [1.29, 1.82) is 0 Å². The first kappa shape index (κ1) is 14.1. The fourth-order valence-electron chi connectivity index (χ4n) is 1.20. The second-order valence-electron chi connectivity index (χ2n) is 3.60. The fraction of sp³-hybridized carbons (Fsp3) is 0.300. The smallest absolute Gasteiger partial charge is 0.397 e. The lowest BCUT2D eigenvalue weighted by Crippen LogP contribution is -2.35. The summed E-state index contributed by atoms with van der Waals surface area (Å²) in [5.41, 5.74) is 10.9. The Balaban J connectivity index is 2.72. The van der Waals surface area contributed by atoms with Gasteiger partial charge in [0.25, 0.3) is 0 Å². The lowest BCUT2D eigenvalue weighted by molar-refractivity contribution is -0.198. The molecular formula is C10H12F3N3O2. The molecule has 0 aromatic heterocycles. The van der Waals surface area contributed by atoms with Crippen molar-refractivity contribution >= 4 is 17.3 Å². The summed E-state index contributed by atoms with van der Waals surface area (Å²) in [5, 5.41) is 11.1. The van der Waals surface area contributed by atoms with E-state index in [0.29, 0.717) is 0 Å². The zero-order chi connectivity index (χ0) is 13.9. The van der Waals surface area contributed by atoms with E-state index in [1.165, 1.54) is 18.2 Å². The molecule has 0 fully saturated rings. The molecule has 0 aliphatic carbocycles. The van der Waals surface area contributed by atoms with E-state index in [-0.39, 0.29) is 16.9 Å². The highest BCUT2D eigenvalue weighted by molar-refractivity contribution is 5.94. The first-order valence-corrected chi connectivity index (χ1v) is 4.90. The minimum atomic E-state index is -4.70. The van der Waals surface area contributed by atoms with Crippen molar-refractivity contribution in [3.8, 4) is 0 Å². The zero-order valence-corrected chi connectivity index (χ0v) is 9.16. The third-order valence-electron chi connectivity index (χ3n) is 2.20. The van der Waals surface area contributed by atoms with Crippen molar-refractivity contribution in [2.24, 2.45) is 5.73 Å². The van der Waals surface area contributed by atoms with Gasteiger partial charge in [-0.3, -0.25) is 4.79 Å². The number of carbonyl (C=O) groups is 1. The average Bonchev–Trinajstić information content (AvgIpc) is 2.25. The monoisotopic (exact) mass is 263 g/mol. The van der Waals surface area contributed by atoms with E-state index in [4.69, 9.17) is 16.6 Å². The number of carbonyl (C=O) groups excluding carboxylic acids is 1. The van der Waals surface area contributed by atoms with Crippen molar-refractivity contribution in [1.82, 2.24) is 0 Å². The number of hydrogen-bond acceptors (Lipinski definition) is 4. The van der Waals surface area contributed by atoms with Crippen molar-refractivity contribution in [2.75, 3.05) is 17.6 Å². The van der Waals surface area contributed by atoms with Crippen LogP contribution in [0.25, 0.3) is 0 Å². The number of anilines is 2. The highest BCUT2D eigenvalue weighted by atomic mass is 19.4. The van der Waals surface area contributed by atoms with Crippen molar-refractivity contribution < 1.29 is 23.1 Å². The molecule has 0 aliphatic rings. The molecule has 1 amide bonds. The van der Waals surface area contributed by atoms with Gasteiger partial charge < -0.3 is 21.9 Å². The van der Waals surface area contributed by atoms with Crippen LogP contribution < -0.4 is 16.8 Å². The van der Waals surface area contributed by atoms with Crippen LogP contribution in [0.1, 0.15) is 10.4 Å². The molecule has 1 aromatic rings. The summed E-state index contributed by atoms with van der Waals surface area (Å²) in [6.07, 6.45) is -7.19. The van der Waals surface area contributed by atoms with Gasteiger partial charge in [-0.2, -0.15) is 13.2 Å². The number of hydrogen-bond donors (Lipinski definition) is 4. The molecule has 18 heavy (non-hydrogen) atoms. The third kappa shape index (κ3) is 3.52. The summed E-state index contributed by atoms with van der Waals surface area (Å²) < 4.78 is 36.1. The summed E-state index contributed by atoms with van der Waals surface area (Å²) in [6.45, 7) is -0.733. The summed E-state index contributed by atoms with van der Waals surface area (Å²) in [7, 11) is 0. The molecule has 5 nitrogen and oxygen atoms in total. The van der Waals surface area contributed by atoms with E-state index in [2.05, 4.69) is 5.32 Å². The number of primary amides is 1. The van der Waals surface area contributed by atoms with Crippen molar-refractivity contribution in [2.45, 2.75) is 12.3 Å². The van der Waals surface area contributed by atoms with Gasteiger partial charge in [0.1, 0.15) is 0 Å². The first-order chi connectivity index (χ1) is 8.21. The quantitative estimate of drug-likeness (QED) is 0.601. The second-order valence-corrected chi connectivity index (χ2v) is 3.60. The number of halogens is 3. The maximum atomic E-state index is 12.0. The standard InChI is InChI=1S/C10H12F3N3O2/c11-10(12,13)8(17)4-16-7-2-1-5(9(15)18)3-6(7)14/h1-3,8,16-17H,4,14H2,(H2,15,18). The van der Waals surface area contributed by atoms with Gasteiger partial charge in [0.05, 0.1) is 11.4 Å². The SMILES string of the molecule is NC(=O)c1ccc(NCC(O)C(F)(F)F)c(N)c1. The first-order valence-electron chi connectivity index (χ1n) is 4.90. The maximum absolute atomic E-state index is 12.0. The Morgan fingerprint density at radius 1 is 1.44 bits per heavy atom. The van der Waals surface area contributed by atoms with Gasteiger partial charge in [0.2, 0.25) is 5.91 Å². The molecular weight excluding hydrogens is 251 g/mol. The normalized spacial score (nSPS) is 13.1. The maximum Gasteiger partial charge on any atom is 0.416 e.